The van der Waals surface area contributed by atoms with E-state index in [1.54, 1.807) is 0 Å². The Morgan fingerprint density at radius 3 is 2.22 bits per heavy atom. The Balaban J connectivity index is 2.13. The Morgan fingerprint density at radius 1 is 1.11 bits per heavy atom. The molecule has 1 aromatic carbocycles. The topological polar surface area (TPSA) is 27.0 Å². The van der Waals surface area contributed by atoms with Crippen molar-refractivity contribution in [2.24, 2.45) is 0 Å². The molecule has 0 spiro atoms. The molecule has 0 saturated carbocycles. The zero-order valence-electron chi connectivity index (χ0n) is 11.2. The summed E-state index contributed by atoms with van der Waals surface area (Å²) < 4.78 is 0. The summed E-state index contributed by atoms with van der Waals surface area (Å²) in [6.07, 6.45) is 6.13. The van der Waals surface area contributed by atoms with E-state index in [1.807, 2.05) is 0 Å². The number of nitriles is 1. The summed E-state index contributed by atoms with van der Waals surface area (Å²) in [6.45, 7) is 4.28. The third-order valence-electron chi connectivity index (χ3n) is 3.83. The van der Waals surface area contributed by atoms with E-state index in [9.17, 15) is 5.26 Å². The second kappa shape index (κ2) is 6.56. The normalized spacial score (nSPS) is 18.9. The molecule has 1 saturated heterocycles. The smallest absolute Gasteiger partial charge is 0.123 e. The Hall–Kier alpha value is -1.33. The molecule has 0 bridgehead atoms. The summed E-state index contributed by atoms with van der Waals surface area (Å²) in [7, 11) is 0. The first-order chi connectivity index (χ1) is 8.85. The van der Waals surface area contributed by atoms with Gasteiger partial charge < -0.3 is 0 Å². The predicted molar refractivity (Wildman–Crippen MR) is 74.2 cm³/mol. The number of nitrogens with zero attached hydrogens (tertiary/aromatic N) is 2. The highest BCUT2D eigenvalue weighted by Crippen LogP contribution is 2.24. The molecule has 2 heteroatoms. The van der Waals surface area contributed by atoms with Crippen molar-refractivity contribution in [1.29, 1.82) is 5.26 Å². The fourth-order valence-electron chi connectivity index (χ4n) is 2.66. The van der Waals surface area contributed by atoms with Gasteiger partial charge in [-0.2, -0.15) is 5.26 Å². The highest BCUT2D eigenvalue weighted by atomic mass is 15.1. The van der Waals surface area contributed by atoms with Crippen LogP contribution in [-0.4, -0.2) is 18.0 Å². The van der Waals surface area contributed by atoms with Gasteiger partial charge in [-0.3, -0.25) is 4.90 Å². The van der Waals surface area contributed by atoms with Gasteiger partial charge in [0.25, 0.3) is 0 Å². The van der Waals surface area contributed by atoms with Crippen molar-refractivity contribution < 1.29 is 0 Å². The summed E-state index contributed by atoms with van der Waals surface area (Å²) in [5.41, 5.74) is 2.49. The molecule has 1 aliphatic heterocycles. The van der Waals surface area contributed by atoms with Crippen LogP contribution in [-0.2, 0) is 6.42 Å². The number of benzene rings is 1. The molecule has 1 aromatic rings. The van der Waals surface area contributed by atoms with E-state index in [0.29, 0.717) is 0 Å². The lowest BCUT2D eigenvalue weighted by molar-refractivity contribution is 0.246. The maximum Gasteiger partial charge on any atom is 0.123 e. The van der Waals surface area contributed by atoms with E-state index >= 15 is 0 Å². The van der Waals surface area contributed by atoms with E-state index in [-0.39, 0.29) is 6.04 Å². The van der Waals surface area contributed by atoms with Crippen LogP contribution in [0.4, 0.5) is 0 Å². The molecule has 1 heterocycles. The monoisotopic (exact) mass is 242 g/mol. The zero-order valence-corrected chi connectivity index (χ0v) is 11.2. The summed E-state index contributed by atoms with van der Waals surface area (Å²) in [5.74, 6) is 0. The van der Waals surface area contributed by atoms with Gasteiger partial charge >= 0.3 is 0 Å². The predicted octanol–water partition coefficient (Wildman–Crippen LogP) is 3.69. The Labute approximate surface area is 110 Å². The number of hydrogen-bond donors (Lipinski definition) is 0. The van der Waals surface area contributed by atoms with Crippen molar-refractivity contribution in [2.75, 3.05) is 13.1 Å². The molecule has 0 aliphatic carbocycles. The maximum absolute atomic E-state index is 9.46. The Morgan fingerprint density at radius 2 is 1.72 bits per heavy atom. The zero-order chi connectivity index (χ0) is 12.8. The van der Waals surface area contributed by atoms with Crippen molar-refractivity contribution in [3.63, 3.8) is 0 Å². The van der Waals surface area contributed by atoms with Crippen LogP contribution in [0.15, 0.2) is 24.3 Å². The summed E-state index contributed by atoms with van der Waals surface area (Å²) in [5, 5.41) is 9.46. The Bertz CT molecular complexity index is 394. The summed E-state index contributed by atoms with van der Waals surface area (Å²) in [4.78, 5) is 2.34. The van der Waals surface area contributed by atoms with Gasteiger partial charge in [-0.25, -0.2) is 0 Å². The highest BCUT2D eigenvalue weighted by Gasteiger charge is 2.20. The second-order valence-electron chi connectivity index (χ2n) is 5.08. The molecular formula is C16H22N2. The van der Waals surface area contributed by atoms with E-state index < -0.39 is 0 Å². The highest BCUT2D eigenvalue weighted by molar-refractivity contribution is 5.28. The largest absolute Gasteiger partial charge is 0.284 e. The molecule has 0 N–H and O–H groups in total. The van der Waals surface area contributed by atoms with Gasteiger partial charge in [-0.05, 0) is 43.5 Å². The van der Waals surface area contributed by atoms with Crippen LogP contribution in [0.25, 0.3) is 0 Å². The third-order valence-corrected chi connectivity index (χ3v) is 3.83. The minimum absolute atomic E-state index is 0.0611. The van der Waals surface area contributed by atoms with Gasteiger partial charge in [-0.15, -0.1) is 0 Å². The minimum Gasteiger partial charge on any atom is -0.284 e. The van der Waals surface area contributed by atoms with Crippen molar-refractivity contribution in [1.82, 2.24) is 4.90 Å². The van der Waals surface area contributed by atoms with Crippen LogP contribution in [0.3, 0.4) is 0 Å². The number of likely N-dealkylation sites (tertiary alicyclic amines) is 1. The number of aryl methyl sites for hydroxylation is 1. The Kier molecular flexibility index (Phi) is 4.78. The average molecular weight is 242 g/mol. The number of hydrogen-bond acceptors (Lipinski definition) is 2. The standard InChI is InChI=1S/C16H22N2/c1-2-14-7-9-15(10-8-14)16(13-17)18-11-5-3-4-6-12-18/h7-10,16H,2-6,11-12H2,1H3. The maximum atomic E-state index is 9.46. The molecular weight excluding hydrogens is 220 g/mol. The van der Waals surface area contributed by atoms with Gasteiger partial charge in [0.1, 0.15) is 6.04 Å². The molecule has 18 heavy (non-hydrogen) atoms. The quantitative estimate of drug-likeness (QED) is 0.808. The average Bonchev–Trinajstić information content (AvgIpc) is 2.70. The fraction of sp³-hybridized carbons (Fsp3) is 0.562. The van der Waals surface area contributed by atoms with Crippen molar-refractivity contribution in [3.05, 3.63) is 35.4 Å². The van der Waals surface area contributed by atoms with Crippen LogP contribution >= 0.6 is 0 Å². The van der Waals surface area contributed by atoms with Crippen molar-refractivity contribution in [3.8, 4) is 6.07 Å². The number of rotatable bonds is 3. The molecule has 1 unspecified atom stereocenters. The second-order valence-corrected chi connectivity index (χ2v) is 5.08. The lowest BCUT2D eigenvalue weighted by Crippen LogP contribution is -2.28. The first-order valence-electron chi connectivity index (χ1n) is 7.07. The van der Waals surface area contributed by atoms with Crippen LogP contribution < -0.4 is 0 Å². The molecule has 2 nitrogen and oxygen atoms in total. The lowest BCUT2D eigenvalue weighted by atomic mass is 10.0. The van der Waals surface area contributed by atoms with Gasteiger partial charge in [0.05, 0.1) is 6.07 Å². The summed E-state index contributed by atoms with van der Waals surface area (Å²) >= 11 is 0. The molecule has 0 radical (unpaired) electrons. The van der Waals surface area contributed by atoms with E-state index in [2.05, 4.69) is 42.2 Å². The SMILES string of the molecule is CCc1ccc(C(C#N)N2CCCCCC2)cc1. The first-order valence-corrected chi connectivity index (χ1v) is 7.07. The van der Waals surface area contributed by atoms with Crippen molar-refractivity contribution in [2.45, 2.75) is 45.1 Å². The van der Waals surface area contributed by atoms with Crippen molar-refractivity contribution >= 4 is 0 Å². The molecule has 1 aliphatic rings. The molecule has 0 aromatic heterocycles. The molecule has 96 valence electrons. The van der Waals surface area contributed by atoms with E-state index in [1.165, 1.54) is 31.2 Å². The van der Waals surface area contributed by atoms with Crippen LogP contribution in [0, 0.1) is 11.3 Å². The first kappa shape index (κ1) is 13.1. The lowest BCUT2D eigenvalue weighted by Gasteiger charge is -2.25. The molecule has 1 atom stereocenters. The van der Waals surface area contributed by atoms with Gasteiger partial charge in [0.15, 0.2) is 0 Å². The third kappa shape index (κ3) is 3.11. The van der Waals surface area contributed by atoms with Gasteiger partial charge in [0.2, 0.25) is 0 Å². The van der Waals surface area contributed by atoms with Crippen LogP contribution in [0.2, 0.25) is 0 Å². The molecule has 1 fully saturated rings. The molecule has 2 rings (SSSR count). The summed E-state index contributed by atoms with van der Waals surface area (Å²) in [6, 6.07) is 11.0. The van der Waals surface area contributed by atoms with Gasteiger partial charge in [0, 0.05) is 0 Å². The molecule has 0 amide bonds. The minimum atomic E-state index is -0.0611. The van der Waals surface area contributed by atoms with E-state index in [0.717, 1.165) is 25.1 Å². The van der Waals surface area contributed by atoms with Crippen LogP contribution in [0.5, 0.6) is 0 Å². The van der Waals surface area contributed by atoms with E-state index in [4.69, 9.17) is 0 Å². The van der Waals surface area contributed by atoms with Gasteiger partial charge in [-0.1, -0.05) is 44.0 Å². The van der Waals surface area contributed by atoms with Crippen LogP contribution in [0.1, 0.15) is 49.8 Å². The fourth-order valence-corrected chi connectivity index (χ4v) is 2.66.